The van der Waals surface area contributed by atoms with Crippen LogP contribution >= 0.6 is 35.1 Å². The molecular formula is C27H21ClFN3O2S2. The molecule has 0 spiro atoms. The average molecular weight is 538 g/mol. The van der Waals surface area contributed by atoms with Crippen molar-refractivity contribution in [2.75, 3.05) is 21.3 Å². The Bertz CT molecular complexity index is 1380. The van der Waals surface area contributed by atoms with Crippen LogP contribution in [0.15, 0.2) is 101 Å². The molecule has 0 bridgehead atoms. The molecule has 5 rings (SSSR count). The van der Waals surface area contributed by atoms with Gasteiger partial charge in [-0.3, -0.25) is 9.69 Å². The van der Waals surface area contributed by atoms with Crippen molar-refractivity contribution in [1.82, 2.24) is 0 Å². The molecule has 2 N–H and O–H groups in total. The Balaban J connectivity index is 1.25. The third-order valence-corrected chi connectivity index (χ3v) is 8.21. The van der Waals surface area contributed by atoms with Crippen molar-refractivity contribution in [3.63, 3.8) is 0 Å². The van der Waals surface area contributed by atoms with Crippen LogP contribution in [0.4, 0.5) is 26.2 Å². The van der Waals surface area contributed by atoms with E-state index in [2.05, 4.69) is 16.7 Å². The second-order valence-corrected chi connectivity index (χ2v) is 10.8. The number of nitrogens with one attached hydrogen (secondary N) is 2. The van der Waals surface area contributed by atoms with Crippen LogP contribution in [0.2, 0.25) is 5.02 Å². The number of thioether (sulfide) groups is 2. The monoisotopic (exact) mass is 537 g/mol. The van der Waals surface area contributed by atoms with E-state index < -0.39 is 5.82 Å². The van der Waals surface area contributed by atoms with E-state index >= 15 is 0 Å². The van der Waals surface area contributed by atoms with Crippen molar-refractivity contribution in [3.8, 4) is 0 Å². The molecule has 2 aliphatic rings. The molecule has 0 radical (unpaired) electrons. The maximum absolute atomic E-state index is 13.5. The summed E-state index contributed by atoms with van der Waals surface area (Å²) in [6.45, 7) is 0. The summed E-state index contributed by atoms with van der Waals surface area (Å²) in [6, 6.07) is 19.0. The Labute approximate surface area is 221 Å². The Hall–Kier alpha value is -3.20. The van der Waals surface area contributed by atoms with Gasteiger partial charge in [0.15, 0.2) is 0 Å². The molecule has 2 atom stereocenters. The Morgan fingerprint density at radius 1 is 0.972 bits per heavy atom. The number of para-hydroxylation sites is 1. The predicted octanol–water partition coefficient (Wildman–Crippen LogP) is 7.22. The second kappa shape index (κ2) is 10.8. The van der Waals surface area contributed by atoms with Crippen molar-refractivity contribution in [1.29, 1.82) is 0 Å². The first-order valence-electron chi connectivity index (χ1n) is 11.2. The molecule has 9 heteroatoms. The minimum Gasteiger partial charge on any atom is -0.325 e. The maximum Gasteiger partial charge on any atom is 0.326 e. The zero-order chi connectivity index (χ0) is 25.1. The largest absolute Gasteiger partial charge is 0.326 e. The number of nitrogens with zero attached hydrogens (tertiary/aromatic N) is 1. The van der Waals surface area contributed by atoms with Crippen LogP contribution < -0.4 is 15.5 Å². The van der Waals surface area contributed by atoms with Gasteiger partial charge in [-0.2, -0.15) is 0 Å². The highest BCUT2D eigenvalue weighted by atomic mass is 35.5. The fourth-order valence-corrected chi connectivity index (χ4v) is 6.19. The summed E-state index contributed by atoms with van der Waals surface area (Å²) >= 11 is 8.86. The number of halogens is 2. The van der Waals surface area contributed by atoms with Crippen LogP contribution in [0.1, 0.15) is 0 Å². The van der Waals surface area contributed by atoms with E-state index in [9.17, 15) is 14.0 Å². The molecule has 5 nitrogen and oxygen atoms in total. The lowest BCUT2D eigenvalue weighted by molar-refractivity contribution is -0.113. The molecule has 0 aromatic heterocycles. The van der Waals surface area contributed by atoms with Crippen LogP contribution in [0.3, 0.4) is 0 Å². The van der Waals surface area contributed by atoms with E-state index in [1.54, 1.807) is 16.7 Å². The molecular weight excluding hydrogens is 517 g/mol. The number of hydrogen-bond donors (Lipinski definition) is 2. The first kappa shape index (κ1) is 24.5. The zero-order valence-corrected chi connectivity index (χ0v) is 21.2. The summed E-state index contributed by atoms with van der Waals surface area (Å²) < 4.78 is 13.3. The topological polar surface area (TPSA) is 61.4 Å². The van der Waals surface area contributed by atoms with Gasteiger partial charge in [0, 0.05) is 21.2 Å². The molecule has 1 aliphatic carbocycles. The highest BCUT2D eigenvalue weighted by molar-refractivity contribution is 8.00. The summed E-state index contributed by atoms with van der Waals surface area (Å²) in [5, 5.41) is 5.82. The standard InChI is InChI=1S/C27H21ClFN3O2S2/c28-20-15-18(12-13-21(20)29)30-26(33)16-35-19-7-5-6-17(14-19)31-27(34)32-22-8-1-3-10-24(22)36-25-11-4-2-9-23(25)32/h1-15,22,24H,16H2,(H,30,33)(H,31,34). The van der Waals surface area contributed by atoms with Crippen molar-refractivity contribution in [2.45, 2.75) is 21.1 Å². The smallest absolute Gasteiger partial charge is 0.325 e. The van der Waals surface area contributed by atoms with Gasteiger partial charge in [0.25, 0.3) is 0 Å². The minimum absolute atomic E-state index is 0.0510. The van der Waals surface area contributed by atoms with Gasteiger partial charge in [0.2, 0.25) is 5.91 Å². The third-order valence-electron chi connectivity index (χ3n) is 5.62. The van der Waals surface area contributed by atoms with Crippen molar-refractivity contribution >= 4 is 64.1 Å². The first-order chi connectivity index (χ1) is 17.5. The van der Waals surface area contributed by atoms with Crippen LogP contribution in [0.25, 0.3) is 0 Å². The van der Waals surface area contributed by atoms with Crippen molar-refractivity contribution in [3.05, 3.63) is 102 Å². The zero-order valence-electron chi connectivity index (χ0n) is 18.9. The Morgan fingerprint density at radius 2 is 1.78 bits per heavy atom. The molecule has 1 aliphatic heterocycles. The molecule has 182 valence electrons. The molecule has 0 saturated heterocycles. The summed E-state index contributed by atoms with van der Waals surface area (Å²) in [5.74, 6) is -0.645. The lowest BCUT2D eigenvalue weighted by Crippen LogP contribution is -2.49. The van der Waals surface area contributed by atoms with Crippen LogP contribution in [-0.4, -0.2) is 29.0 Å². The van der Waals surface area contributed by atoms with Gasteiger partial charge >= 0.3 is 6.03 Å². The Kier molecular flexibility index (Phi) is 7.36. The summed E-state index contributed by atoms with van der Waals surface area (Å²) in [4.78, 5) is 29.5. The number of allylic oxidation sites excluding steroid dienone is 2. The number of benzene rings is 3. The summed E-state index contributed by atoms with van der Waals surface area (Å²) in [5.41, 5.74) is 1.94. The van der Waals surface area contributed by atoms with Gasteiger partial charge in [-0.05, 0) is 48.5 Å². The third kappa shape index (κ3) is 5.46. The molecule has 0 saturated carbocycles. The van der Waals surface area contributed by atoms with Gasteiger partial charge in [0.1, 0.15) is 5.82 Å². The van der Waals surface area contributed by atoms with E-state index in [0.29, 0.717) is 11.4 Å². The Morgan fingerprint density at radius 3 is 2.64 bits per heavy atom. The van der Waals surface area contributed by atoms with Gasteiger partial charge in [0.05, 0.1) is 27.8 Å². The number of fused-ring (bicyclic) bond motifs is 2. The number of anilines is 3. The summed E-state index contributed by atoms with van der Waals surface area (Å²) in [7, 11) is 0. The average Bonchev–Trinajstić information content (AvgIpc) is 2.88. The molecule has 0 fully saturated rings. The van der Waals surface area contributed by atoms with E-state index in [1.165, 1.54) is 30.0 Å². The van der Waals surface area contributed by atoms with Gasteiger partial charge in [-0.1, -0.05) is 54.1 Å². The number of rotatable bonds is 5. The molecule has 1 heterocycles. The highest BCUT2D eigenvalue weighted by Crippen LogP contribution is 2.43. The van der Waals surface area contributed by atoms with Crippen LogP contribution in [0, 0.1) is 5.82 Å². The highest BCUT2D eigenvalue weighted by Gasteiger charge is 2.36. The van der Waals surface area contributed by atoms with Crippen LogP contribution in [0.5, 0.6) is 0 Å². The van der Waals surface area contributed by atoms with Crippen molar-refractivity contribution in [2.24, 2.45) is 0 Å². The van der Waals surface area contributed by atoms with E-state index in [4.69, 9.17) is 11.6 Å². The van der Waals surface area contributed by atoms with E-state index in [-0.39, 0.29) is 34.0 Å². The van der Waals surface area contributed by atoms with E-state index in [0.717, 1.165) is 15.5 Å². The normalized spacial score (nSPS) is 17.8. The van der Waals surface area contributed by atoms with Gasteiger partial charge in [-0.25, -0.2) is 9.18 Å². The lowest BCUT2D eigenvalue weighted by Gasteiger charge is -2.40. The molecule has 3 aromatic carbocycles. The maximum atomic E-state index is 13.5. The summed E-state index contributed by atoms with van der Waals surface area (Å²) in [6.07, 6.45) is 8.15. The first-order valence-corrected chi connectivity index (χ1v) is 13.4. The minimum atomic E-state index is -0.541. The fraction of sp³-hybridized carbons (Fsp3) is 0.111. The number of urea groups is 1. The van der Waals surface area contributed by atoms with Gasteiger partial charge < -0.3 is 10.6 Å². The van der Waals surface area contributed by atoms with E-state index in [1.807, 2.05) is 66.8 Å². The molecule has 3 aromatic rings. The fourth-order valence-electron chi connectivity index (χ4n) is 3.99. The van der Waals surface area contributed by atoms with Crippen molar-refractivity contribution < 1.29 is 14.0 Å². The molecule has 36 heavy (non-hydrogen) atoms. The quantitative estimate of drug-likeness (QED) is 0.337. The van der Waals surface area contributed by atoms with Gasteiger partial charge in [-0.15, -0.1) is 23.5 Å². The molecule has 3 amide bonds. The number of carbonyl (C=O) groups is 2. The predicted molar refractivity (Wildman–Crippen MR) is 147 cm³/mol. The lowest BCUT2D eigenvalue weighted by atomic mass is 10.1. The number of hydrogen-bond acceptors (Lipinski definition) is 4. The second-order valence-electron chi connectivity index (χ2n) is 8.10. The SMILES string of the molecule is O=C(CSc1cccc(NC(=O)N2c3ccccc3SC3C=CC=CC32)c1)Nc1ccc(F)c(Cl)c1. The number of carbonyl (C=O) groups excluding carboxylic acids is 2. The molecule has 2 unspecified atom stereocenters. The van der Waals surface area contributed by atoms with Crippen LogP contribution in [-0.2, 0) is 4.79 Å². The number of amides is 3.